The largest absolute Gasteiger partial charge is 0.370 e. The van der Waals surface area contributed by atoms with Crippen molar-refractivity contribution in [2.24, 2.45) is 22.2 Å². The summed E-state index contributed by atoms with van der Waals surface area (Å²) in [5.74, 6) is -6.29. The number of carbonyl (C=O) groups excluding carboxylic acids is 9. The van der Waals surface area contributed by atoms with Crippen molar-refractivity contribution in [3.63, 3.8) is 0 Å². The van der Waals surface area contributed by atoms with Crippen molar-refractivity contribution in [3.05, 3.63) is 90.1 Å². The van der Waals surface area contributed by atoms with Gasteiger partial charge in [0.05, 0.1) is 6.33 Å². The van der Waals surface area contributed by atoms with Gasteiger partial charge in [-0.1, -0.05) is 68.3 Å². The number of nitrogens with two attached hydrogens (primary N) is 3. The number of unbranched alkanes of at least 4 members (excludes halogenated alkanes) is 1. The van der Waals surface area contributed by atoms with Crippen molar-refractivity contribution in [2.45, 2.75) is 120 Å². The molecule has 0 fully saturated rings. The van der Waals surface area contributed by atoms with E-state index in [0.29, 0.717) is 29.7 Å². The third-order valence-corrected chi connectivity index (χ3v) is 12.7. The summed E-state index contributed by atoms with van der Waals surface area (Å²) in [5.41, 5.74) is 19.2. The molecule has 7 atom stereocenters. The second-order valence-electron chi connectivity index (χ2n) is 18.0. The van der Waals surface area contributed by atoms with Gasteiger partial charge in [-0.05, 0) is 42.9 Å². The average molecular weight is 1090 g/mol. The molecule has 2 heterocycles. The molecule has 0 unspecified atom stereocenters. The normalized spacial score (nSPS) is 13.7. The zero-order valence-corrected chi connectivity index (χ0v) is 44.4. The van der Waals surface area contributed by atoms with E-state index in [0.717, 1.165) is 17.3 Å². The maximum Gasteiger partial charge on any atom is 0.243 e. The number of rotatable bonds is 33. The quantitative estimate of drug-likeness (QED) is 0.0116. The Morgan fingerprint density at radius 3 is 1.79 bits per heavy atom. The van der Waals surface area contributed by atoms with E-state index in [1.807, 2.05) is 31.2 Å². The number of aromatic nitrogens is 3. The lowest BCUT2D eigenvalue weighted by Gasteiger charge is -2.27. The standard InChI is InChI=1S/C50H71N15O9S2/c1-3-4-15-35(59-29(2)66)45(70)65-41(27-76)44(69)55-19-11-18-42(67)60-39(23-32-25-54-28-58-32)49(74)62-37(21-30-12-6-5-7-13-30)47(72)61-36(17-10-20-56-50(52)53)46(71)63-38(48(73)64-40(26-75)43(51)68)22-31-24-57-34-16-9-8-14-33(31)34/h5-9,12-14,16,24-25,28,35-41,57,75-76H,3-4,10-11,15,17-23,26-27H2,1-2H3,(H2,51,68)(H,54,58)(H,55,69)(H,59,66)(H,60,67)(H,61,72)(H,62,74)(H,63,71)(H,64,73)(H,65,70)(H4,52,53,56)/t35-,36-,37+,38-,39-,40-,41-/m0/s1. The van der Waals surface area contributed by atoms with Gasteiger partial charge in [0.1, 0.15) is 42.3 Å². The molecule has 412 valence electrons. The molecule has 0 aliphatic carbocycles. The summed E-state index contributed by atoms with van der Waals surface area (Å²) in [4.78, 5) is 135. The summed E-state index contributed by atoms with van der Waals surface area (Å²) < 4.78 is 0. The second-order valence-corrected chi connectivity index (χ2v) is 18.7. The van der Waals surface area contributed by atoms with Crippen LogP contribution < -0.4 is 59.7 Å². The van der Waals surface area contributed by atoms with E-state index in [2.05, 4.69) is 87.7 Å². The molecule has 0 spiro atoms. The van der Waals surface area contributed by atoms with Gasteiger partial charge in [-0.15, -0.1) is 0 Å². The van der Waals surface area contributed by atoms with Crippen molar-refractivity contribution in [1.82, 2.24) is 57.5 Å². The van der Waals surface area contributed by atoms with Gasteiger partial charge >= 0.3 is 0 Å². The maximum atomic E-state index is 14.6. The van der Waals surface area contributed by atoms with Gasteiger partial charge in [-0.2, -0.15) is 25.3 Å². The van der Waals surface area contributed by atoms with Crippen molar-refractivity contribution in [3.8, 4) is 0 Å². The Morgan fingerprint density at radius 2 is 1.18 bits per heavy atom. The molecule has 0 radical (unpaired) electrons. The van der Waals surface area contributed by atoms with Crippen LogP contribution in [-0.2, 0) is 62.4 Å². The first-order valence-corrected chi connectivity index (χ1v) is 26.2. The van der Waals surface area contributed by atoms with E-state index >= 15 is 0 Å². The number of nitrogens with one attached hydrogen (secondary N) is 10. The fourth-order valence-electron chi connectivity index (χ4n) is 7.92. The predicted molar refractivity (Wildman–Crippen MR) is 292 cm³/mol. The Balaban J connectivity index is 1.53. The zero-order chi connectivity index (χ0) is 55.6. The Hall–Kier alpha value is -7.61. The van der Waals surface area contributed by atoms with E-state index in [1.54, 1.807) is 36.5 Å². The van der Waals surface area contributed by atoms with Gasteiger partial charge in [0, 0.05) is 86.2 Å². The van der Waals surface area contributed by atoms with Crippen LogP contribution in [0.25, 0.3) is 10.9 Å². The molecule has 16 N–H and O–H groups in total. The van der Waals surface area contributed by atoms with Crippen LogP contribution in [0.3, 0.4) is 0 Å². The molecule has 4 aromatic rings. The van der Waals surface area contributed by atoms with Crippen LogP contribution in [0.15, 0.2) is 78.3 Å². The van der Waals surface area contributed by atoms with Gasteiger partial charge in [-0.3, -0.25) is 48.1 Å². The third kappa shape index (κ3) is 20.6. The summed E-state index contributed by atoms with van der Waals surface area (Å²) in [7, 11) is 0. The minimum atomic E-state index is -1.34. The first-order chi connectivity index (χ1) is 36.4. The number of fused-ring (bicyclic) bond motifs is 1. The lowest BCUT2D eigenvalue weighted by molar-refractivity contribution is -0.135. The lowest BCUT2D eigenvalue weighted by Crippen LogP contribution is -2.60. The summed E-state index contributed by atoms with van der Waals surface area (Å²) in [5, 5.41) is 22.3. The Bertz CT molecular complexity index is 2600. The van der Waals surface area contributed by atoms with Crippen molar-refractivity contribution in [2.75, 3.05) is 24.6 Å². The molecule has 2 aromatic heterocycles. The molecule has 76 heavy (non-hydrogen) atoms. The monoisotopic (exact) mass is 1090 g/mol. The number of guanidine groups is 1. The Morgan fingerprint density at radius 1 is 0.618 bits per heavy atom. The number of H-pyrrole nitrogens is 2. The SMILES string of the molecule is CCCC[C@H](NC(C)=O)C(=O)N[C@@H](CS)C(=O)NCCCC(=O)N[C@@H](Cc1cnc[nH]1)C(=O)N[C@H](Cc1ccccc1)C(=O)N[C@@H](CCCN=C(N)N)C(=O)N[C@@H](Cc1c[nH]c2ccccc12)C(=O)N[C@@H](CS)C(N)=O. The number of thiol groups is 2. The number of primary amides is 1. The third-order valence-electron chi connectivity index (χ3n) is 11.9. The number of para-hydroxylation sites is 1. The van der Waals surface area contributed by atoms with Crippen LogP contribution in [0.5, 0.6) is 0 Å². The number of hydrogen-bond donors (Lipinski definition) is 15. The molecule has 0 aliphatic heterocycles. The van der Waals surface area contributed by atoms with Gasteiger partial charge in [-0.25, -0.2) is 4.98 Å². The number of aromatic amines is 2. The van der Waals surface area contributed by atoms with Crippen LogP contribution in [-0.4, -0.2) is 141 Å². The van der Waals surface area contributed by atoms with Crippen LogP contribution in [0, 0.1) is 0 Å². The molecule has 0 saturated carbocycles. The molecule has 4 rings (SSSR count). The van der Waals surface area contributed by atoms with Crippen molar-refractivity contribution >= 4 is 95.3 Å². The van der Waals surface area contributed by atoms with E-state index in [4.69, 9.17) is 17.2 Å². The molecule has 26 heteroatoms. The number of aliphatic imine (C=N–C) groups is 1. The van der Waals surface area contributed by atoms with Gasteiger partial charge in [0.15, 0.2) is 5.96 Å². The van der Waals surface area contributed by atoms with Crippen LogP contribution in [0.4, 0.5) is 0 Å². The van der Waals surface area contributed by atoms with Gasteiger partial charge in [0.2, 0.25) is 53.2 Å². The van der Waals surface area contributed by atoms with E-state index in [9.17, 15) is 43.2 Å². The van der Waals surface area contributed by atoms with Crippen molar-refractivity contribution < 1.29 is 43.2 Å². The molecule has 0 aliphatic rings. The molecule has 0 saturated heterocycles. The van der Waals surface area contributed by atoms with Crippen LogP contribution >= 0.6 is 25.3 Å². The minimum absolute atomic E-state index is 0.0206. The lowest BCUT2D eigenvalue weighted by atomic mass is 10.0. The Kier molecular flexibility index (Phi) is 25.6. The highest BCUT2D eigenvalue weighted by Gasteiger charge is 2.33. The predicted octanol–water partition coefficient (Wildman–Crippen LogP) is -1.18. The first-order valence-electron chi connectivity index (χ1n) is 24.9. The van der Waals surface area contributed by atoms with Crippen LogP contribution in [0.1, 0.15) is 75.6 Å². The number of amides is 9. The summed E-state index contributed by atoms with van der Waals surface area (Å²) in [6.45, 7) is 3.34. The highest BCUT2D eigenvalue weighted by molar-refractivity contribution is 7.80. The fourth-order valence-corrected chi connectivity index (χ4v) is 8.45. The molecule has 24 nitrogen and oxygen atoms in total. The molecule has 9 amide bonds. The van der Waals surface area contributed by atoms with E-state index < -0.39 is 89.6 Å². The number of imidazole rings is 1. The fraction of sp³-hybridized carbons (Fsp3) is 0.460. The number of nitrogens with zero attached hydrogens (tertiary/aromatic N) is 2. The highest BCUT2D eigenvalue weighted by atomic mass is 32.1. The molecule has 2 aromatic carbocycles. The zero-order valence-electron chi connectivity index (χ0n) is 42.6. The first kappa shape index (κ1) is 60.9. The maximum absolute atomic E-state index is 14.6. The Labute approximate surface area is 451 Å². The second kappa shape index (κ2) is 32.0. The number of carbonyl (C=O) groups is 9. The van der Waals surface area contributed by atoms with Crippen LogP contribution in [0.2, 0.25) is 0 Å². The number of hydrogen-bond acceptors (Lipinski definition) is 13. The van der Waals surface area contributed by atoms with Gasteiger partial charge in [0.25, 0.3) is 0 Å². The minimum Gasteiger partial charge on any atom is -0.370 e. The smallest absolute Gasteiger partial charge is 0.243 e. The average Bonchev–Trinajstić information content (AvgIpc) is 4.07. The topological polar surface area (TPSA) is 385 Å². The summed E-state index contributed by atoms with van der Waals surface area (Å²) >= 11 is 8.37. The molecular weight excluding hydrogens is 1020 g/mol. The summed E-state index contributed by atoms with van der Waals surface area (Å²) in [6.07, 6.45) is 6.37. The molecule has 0 bridgehead atoms. The van der Waals surface area contributed by atoms with E-state index in [-0.39, 0.29) is 81.4 Å². The van der Waals surface area contributed by atoms with Crippen molar-refractivity contribution in [1.29, 1.82) is 0 Å². The molecular formula is C50H71N15O9S2. The summed E-state index contributed by atoms with van der Waals surface area (Å²) in [6, 6.07) is 7.85. The number of benzene rings is 2. The van der Waals surface area contributed by atoms with Gasteiger partial charge < -0.3 is 69.7 Å². The highest BCUT2D eigenvalue weighted by Crippen LogP contribution is 2.20. The van der Waals surface area contributed by atoms with E-state index in [1.165, 1.54) is 19.4 Å².